The zero-order valence-electron chi connectivity index (χ0n) is 11.7. The number of unbranched alkanes of at least 4 members (excludes halogenated alkanes) is 9. The van der Waals surface area contributed by atoms with Gasteiger partial charge in [-0.05, 0) is 0 Å². The summed E-state index contributed by atoms with van der Waals surface area (Å²) in [6, 6.07) is 0. The molecule has 0 atom stereocenters. The SMILES string of the molecule is CCCCCCCCCCCC[O][La].OB(O)O. The molecule has 4 nitrogen and oxygen atoms in total. The maximum absolute atomic E-state index is 7.17. The van der Waals surface area contributed by atoms with Gasteiger partial charge in [0.25, 0.3) is 0 Å². The molecule has 0 rings (SSSR count). The summed E-state index contributed by atoms with van der Waals surface area (Å²) in [6.07, 6.45) is 14.1. The molecule has 0 amide bonds. The second-order valence-corrected chi connectivity index (χ2v) is 5.45. The minimum Gasteiger partial charge on any atom is -0.402 e. The van der Waals surface area contributed by atoms with Crippen molar-refractivity contribution < 1.29 is 51.0 Å². The van der Waals surface area contributed by atoms with Crippen molar-refractivity contribution in [3.63, 3.8) is 0 Å². The normalized spacial score (nSPS) is 9.72. The molecule has 0 aromatic heterocycles. The Kier molecular flexibility index (Phi) is 24.3. The van der Waals surface area contributed by atoms with E-state index in [2.05, 4.69) is 6.92 Å². The second kappa shape index (κ2) is 20.4. The molecule has 0 aliphatic heterocycles. The maximum Gasteiger partial charge on any atom is 0.631 e. The quantitative estimate of drug-likeness (QED) is 0.377. The fourth-order valence-electron chi connectivity index (χ4n) is 1.67. The van der Waals surface area contributed by atoms with Crippen molar-refractivity contribution >= 4 is 7.32 Å². The molecule has 106 valence electrons. The Morgan fingerprint density at radius 2 is 1.11 bits per heavy atom. The van der Waals surface area contributed by atoms with E-state index in [1.54, 1.807) is 0 Å². The van der Waals surface area contributed by atoms with Crippen LogP contribution in [-0.4, -0.2) is 29.0 Å². The summed E-state index contributed by atoms with van der Waals surface area (Å²) in [7, 11) is -2.17. The van der Waals surface area contributed by atoms with E-state index in [1.165, 1.54) is 64.2 Å². The first-order chi connectivity index (χ1) is 8.65. The van der Waals surface area contributed by atoms with Crippen LogP contribution in [0.25, 0.3) is 0 Å². The van der Waals surface area contributed by atoms with Crippen LogP contribution in [0.4, 0.5) is 0 Å². The van der Waals surface area contributed by atoms with E-state index in [0.717, 1.165) is 40.9 Å². The van der Waals surface area contributed by atoms with Crippen molar-refractivity contribution in [2.45, 2.75) is 71.1 Å². The van der Waals surface area contributed by atoms with Crippen molar-refractivity contribution in [2.24, 2.45) is 0 Å². The molecule has 0 saturated heterocycles. The first-order valence-electron chi connectivity index (χ1n) is 7.01. The summed E-state index contributed by atoms with van der Waals surface area (Å²) in [4.78, 5) is 0. The Bertz CT molecular complexity index is 124. The molecule has 0 fully saturated rings. The van der Waals surface area contributed by atoms with E-state index in [1.807, 2.05) is 0 Å². The summed E-state index contributed by atoms with van der Waals surface area (Å²) in [6.45, 7) is 3.29. The van der Waals surface area contributed by atoms with Crippen molar-refractivity contribution in [3.8, 4) is 0 Å². The molecule has 0 aromatic rings. The Morgan fingerprint density at radius 1 is 0.778 bits per heavy atom. The van der Waals surface area contributed by atoms with Gasteiger partial charge in [-0.2, -0.15) is 0 Å². The monoisotopic (exact) mass is 386 g/mol. The molecule has 6 heteroatoms. The molecule has 0 spiro atoms. The van der Waals surface area contributed by atoms with Gasteiger partial charge in [0.2, 0.25) is 0 Å². The van der Waals surface area contributed by atoms with Gasteiger partial charge >= 0.3 is 114 Å². The van der Waals surface area contributed by atoms with E-state index in [0.29, 0.717) is 0 Å². The van der Waals surface area contributed by atoms with Crippen LogP contribution in [0.15, 0.2) is 0 Å². The summed E-state index contributed by atoms with van der Waals surface area (Å²) in [5, 5.41) is 21.5. The molecular formula is C12H28BLaO4. The van der Waals surface area contributed by atoms with E-state index in [4.69, 9.17) is 16.8 Å². The molecule has 3 N–H and O–H groups in total. The molecule has 18 heavy (non-hydrogen) atoms. The van der Waals surface area contributed by atoms with Gasteiger partial charge in [0.05, 0.1) is 0 Å². The second-order valence-electron chi connectivity index (χ2n) is 4.40. The van der Waals surface area contributed by atoms with Crippen LogP contribution >= 0.6 is 0 Å². The van der Waals surface area contributed by atoms with Crippen LogP contribution in [0.2, 0.25) is 0 Å². The summed E-state index contributed by atoms with van der Waals surface area (Å²) in [5.41, 5.74) is 0. The molecule has 0 radical (unpaired) electrons. The Morgan fingerprint density at radius 3 is 1.44 bits per heavy atom. The topological polar surface area (TPSA) is 69.9 Å². The van der Waals surface area contributed by atoms with Gasteiger partial charge in [0, 0.05) is 0 Å². The third-order valence-corrected chi connectivity index (χ3v) is 3.36. The molecule has 0 aliphatic rings. The smallest absolute Gasteiger partial charge is 0.402 e. The van der Waals surface area contributed by atoms with Crippen molar-refractivity contribution in [3.05, 3.63) is 0 Å². The fourth-order valence-corrected chi connectivity index (χ4v) is 2.20. The minimum absolute atomic E-state index is 0.735. The molecule has 0 aromatic carbocycles. The van der Waals surface area contributed by atoms with Gasteiger partial charge in [0.1, 0.15) is 0 Å². The van der Waals surface area contributed by atoms with Gasteiger partial charge in [-0.1, -0.05) is 6.92 Å². The van der Waals surface area contributed by atoms with E-state index in [-0.39, 0.29) is 0 Å². The van der Waals surface area contributed by atoms with Gasteiger partial charge < -0.3 is 15.1 Å². The van der Waals surface area contributed by atoms with Crippen LogP contribution in [0.1, 0.15) is 71.1 Å². The Hall–Kier alpha value is 1.10. The zero-order chi connectivity index (χ0) is 14.1. The summed E-state index contributed by atoms with van der Waals surface area (Å²) in [5.74, 6) is 0. The Labute approximate surface area is 135 Å². The molecular weight excluding hydrogens is 358 g/mol. The van der Waals surface area contributed by atoms with Gasteiger partial charge in [-0.25, -0.2) is 0 Å². The predicted molar refractivity (Wildman–Crippen MR) is 70.2 cm³/mol. The first-order valence-corrected chi connectivity index (χ1v) is 8.49. The molecule has 0 saturated carbocycles. The molecule has 0 heterocycles. The third-order valence-electron chi connectivity index (χ3n) is 2.62. The fraction of sp³-hybridized carbons (Fsp3) is 1.00. The first kappa shape index (κ1) is 21.4. The van der Waals surface area contributed by atoms with E-state index in [9.17, 15) is 0 Å². The average Bonchev–Trinajstić information content (AvgIpc) is 2.31. The molecule has 0 bridgehead atoms. The van der Waals surface area contributed by atoms with Crippen molar-refractivity contribution in [1.29, 1.82) is 0 Å². The van der Waals surface area contributed by atoms with Crippen LogP contribution in [0.3, 0.4) is 0 Å². The van der Waals surface area contributed by atoms with Gasteiger partial charge in [0.15, 0.2) is 0 Å². The number of hydrogen-bond donors (Lipinski definition) is 3. The molecule has 0 aliphatic carbocycles. The standard InChI is InChI=1S/C12H25O.BH3O3.La/c1-2-3-4-5-6-7-8-9-10-11-12-13;2-1(3)4;/h2-12H2,1H3;2-4H;/q-1;;+1. The maximum atomic E-state index is 7.17. The largest absolute Gasteiger partial charge is 0.631 e. The summed E-state index contributed by atoms with van der Waals surface area (Å²) >= 11 is 0.735. The average molecular weight is 386 g/mol. The number of hydrogen-bond acceptors (Lipinski definition) is 4. The zero-order valence-corrected chi connectivity index (χ0v) is 15.3. The molecule has 0 unspecified atom stereocenters. The van der Waals surface area contributed by atoms with E-state index < -0.39 is 7.32 Å². The van der Waals surface area contributed by atoms with Crippen LogP contribution in [0, 0.1) is 34.3 Å². The minimum atomic E-state index is -2.17. The van der Waals surface area contributed by atoms with Crippen molar-refractivity contribution in [1.82, 2.24) is 0 Å². The van der Waals surface area contributed by atoms with Gasteiger partial charge in [-0.3, -0.25) is 0 Å². The van der Waals surface area contributed by atoms with Crippen LogP contribution in [0.5, 0.6) is 0 Å². The number of rotatable bonds is 11. The van der Waals surface area contributed by atoms with Crippen LogP contribution < -0.4 is 0 Å². The third kappa shape index (κ3) is 30.3. The van der Waals surface area contributed by atoms with Crippen molar-refractivity contribution in [2.75, 3.05) is 6.61 Å². The predicted octanol–water partition coefficient (Wildman–Crippen LogP) is 2.34. The van der Waals surface area contributed by atoms with E-state index >= 15 is 0 Å². The van der Waals surface area contributed by atoms with Crippen LogP contribution in [-0.2, 0) is 1.70 Å². The summed E-state index contributed by atoms with van der Waals surface area (Å²) < 4.78 is 5.18. The Balaban J connectivity index is 0. The van der Waals surface area contributed by atoms with Gasteiger partial charge in [-0.15, -0.1) is 0 Å².